The molecule has 0 aliphatic carbocycles. The lowest BCUT2D eigenvalue weighted by Crippen LogP contribution is -2.67. The van der Waals surface area contributed by atoms with E-state index >= 15 is 0 Å². The van der Waals surface area contributed by atoms with Gasteiger partial charge in [-0.1, -0.05) is 11.6 Å². The highest BCUT2D eigenvalue weighted by molar-refractivity contribution is 6.30. The van der Waals surface area contributed by atoms with Gasteiger partial charge in [-0.15, -0.1) is 0 Å². The van der Waals surface area contributed by atoms with E-state index in [9.17, 15) is 19.2 Å². The van der Waals surface area contributed by atoms with Crippen LogP contribution in [0.5, 0.6) is 0 Å². The highest BCUT2D eigenvalue weighted by Crippen LogP contribution is 2.34. The van der Waals surface area contributed by atoms with E-state index in [1.54, 1.807) is 24.5 Å². The van der Waals surface area contributed by atoms with E-state index in [0.29, 0.717) is 28.1 Å². The maximum absolute atomic E-state index is 13.1. The lowest BCUT2D eigenvalue weighted by molar-refractivity contribution is -0.136. The number of anilines is 2. The zero-order chi connectivity index (χ0) is 28.2. The van der Waals surface area contributed by atoms with Crippen LogP contribution in [0.2, 0.25) is 5.02 Å². The quantitative estimate of drug-likeness (QED) is 0.497. The summed E-state index contributed by atoms with van der Waals surface area (Å²) in [6.07, 6.45) is 5.88. The van der Waals surface area contributed by atoms with Gasteiger partial charge in [-0.25, -0.2) is 9.97 Å². The molecule has 214 valence electrons. The molecule has 1 unspecified atom stereocenters. The SMILES string of the molecule is O=C1CCC(N2C(=O)c3ccc(N4CC(N5CC(OC6CCN(c7ncc(Cl)cn7)CC6)C5)C4)cc3C2=O)C(=O)N1. The van der Waals surface area contributed by atoms with Gasteiger partial charge in [0, 0.05) is 57.4 Å². The molecule has 1 atom stereocenters. The Hall–Kier alpha value is -3.61. The molecule has 1 N–H and O–H groups in total. The Labute approximate surface area is 241 Å². The second-order valence-electron chi connectivity index (χ2n) is 11.3. The van der Waals surface area contributed by atoms with E-state index in [1.165, 1.54) is 0 Å². The van der Waals surface area contributed by atoms with E-state index in [0.717, 1.165) is 62.7 Å². The maximum Gasteiger partial charge on any atom is 0.262 e. The molecule has 0 bridgehead atoms. The van der Waals surface area contributed by atoms with Crippen molar-refractivity contribution in [1.82, 2.24) is 25.1 Å². The summed E-state index contributed by atoms with van der Waals surface area (Å²) in [6.45, 7) is 5.23. The fourth-order valence-electron chi connectivity index (χ4n) is 6.34. The number of piperidine rings is 2. The number of fused-ring (bicyclic) bond motifs is 1. The normalized spacial score (nSPS) is 24.4. The zero-order valence-corrected chi connectivity index (χ0v) is 23.1. The molecule has 0 spiro atoms. The fraction of sp³-hybridized carbons (Fsp3) is 0.500. The van der Waals surface area contributed by atoms with E-state index in [-0.39, 0.29) is 31.0 Å². The van der Waals surface area contributed by atoms with Gasteiger partial charge in [-0.3, -0.25) is 34.3 Å². The van der Waals surface area contributed by atoms with Gasteiger partial charge < -0.3 is 14.5 Å². The molecule has 7 rings (SSSR count). The number of hydrogen-bond acceptors (Lipinski definition) is 10. The third kappa shape index (κ3) is 4.83. The minimum absolute atomic E-state index is 0.103. The van der Waals surface area contributed by atoms with Crippen LogP contribution >= 0.6 is 11.6 Å². The van der Waals surface area contributed by atoms with Crippen LogP contribution in [0, 0.1) is 0 Å². The molecular weight excluding hydrogens is 550 g/mol. The number of ether oxygens (including phenoxy) is 1. The van der Waals surface area contributed by atoms with Gasteiger partial charge in [-0.05, 0) is 37.5 Å². The fourth-order valence-corrected chi connectivity index (χ4v) is 6.44. The average Bonchev–Trinajstić information content (AvgIpc) is 3.16. The summed E-state index contributed by atoms with van der Waals surface area (Å²) < 4.78 is 6.37. The van der Waals surface area contributed by atoms with E-state index < -0.39 is 23.8 Å². The van der Waals surface area contributed by atoms with Crippen molar-refractivity contribution >= 4 is 46.9 Å². The standard InChI is InChI=1S/C28H30ClN7O5/c29-16-10-30-28(31-11-16)33-7-5-19(6-8-33)41-20-14-35(15-20)18-12-34(13-18)17-1-2-21-22(9-17)27(40)36(26(21)39)23-3-4-24(37)32-25(23)38/h1-2,9-11,18-20,23H,3-8,12-15H2,(H,32,37,38). The molecule has 4 amide bonds. The Kier molecular flexibility index (Phi) is 6.63. The molecule has 5 aliphatic heterocycles. The number of carbonyl (C=O) groups excluding carboxylic acids is 4. The van der Waals surface area contributed by atoms with Gasteiger partial charge in [0.2, 0.25) is 17.8 Å². The lowest BCUT2D eigenvalue weighted by atomic mass is 9.98. The number of amides is 4. The van der Waals surface area contributed by atoms with E-state index in [2.05, 4.69) is 30.0 Å². The number of benzene rings is 1. The Bertz CT molecular complexity index is 1400. The van der Waals surface area contributed by atoms with Crippen molar-refractivity contribution in [2.24, 2.45) is 0 Å². The number of carbonyl (C=O) groups is 4. The zero-order valence-electron chi connectivity index (χ0n) is 22.4. The van der Waals surface area contributed by atoms with Crippen molar-refractivity contribution in [3.05, 3.63) is 46.7 Å². The number of aromatic nitrogens is 2. The summed E-state index contributed by atoms with van der Waals surface area (Å²) in [6, 6.07) is 4.74. The second kappa shape index (κ2) is 10.3. The van der Waals surface area contributed by atoms with Crippen molar-refractivity contribution in [2.75, 3.05) is 49.1 Å². The first kappa shape index (κ1) is 26.3. The minimum atomic E-state index is -0.955. The van der Waals surface area contributed by atoms with Crippen LogP contribution in [-0.4, -0.2) is 107 Å². The van der Waals surface area contributed by atoms with Crippen LogP contribution in [0.4, 0.5) is 11.6 Å². The van der Waals surface area contributed by atoms with Crippen molar-refractivity contribution in [3.8, 4) is 0 Å². The topological polar surface area (TPSA) is 128 Å². The average molecular weight is 580 g/mol. The molecule has 5 aliphatic rings. The van der Waals surface area contributed by atoms with Crippen molar-refractivity contribution in [2.45, 2.75) is 50.0 Å². The van der Waals surface area contributed by atoms with E-state index in [4.69, 9.17) is 16.3 Å². The summed E-state index contributed by atoms with van der Waals surface area (Å²) in [4.78, 5) is 66.3. The van der Waals surface area contributed by atoms with Crippen LogP contribution in [0.25, 0.3) is 0 Å². The number of halogens is 1. The first-order valence-corrected chi connectivity index (χ1v) is 14.4. The highest BCUT2D eigenvalue weighted by atomic mass is 35.5. The molecule has 1 aromatic carbocycles. The molecule has 0 radical (unpaired) electrons. The van der Waals surface area contributed by atoms with Gasteiger partial charge in [0.05, 0.1) is 40.8 Å². The molecule has 4 saturated heterocycles. The predicted molar refractivity (Wildman–Crippen MR) is 148 cm³/mol. The van der Waals surface area contributed by atoms with Crippen LogP contribution in [0.1, 0.15) is 46.4 Å². The van der Waals surface area contributed by atoms with Crippen molar-refractivity contribution in [3.63, 3.8) is 0 Å². The number of hydrogen-bond donors (Lipinski definition) is 1. The molecule has 13 heteroatoms. The minimum Gasteiger partial charge on any atom is -0.372 e. The molecule has 0 saturated carbocycles. The molecule has 41 heavy (non-hydrogen) atoms. The van der Waals surface area contributed by atoms with Gasteiger partial charge in [0.25, 0.3) is 11.8 Å². The van der Waals surface area contributed by atoms with Crippen molar-refractivity contribution < 1.29 is 23.9 Å². The number of nitrogens with zero attached hydrogens (tertiary/aromatic N) is 6. The molecular formula is C28H30ClN7O5. The first-order chi connectivity index (χ1) is 19.8. The second-order valence-corrected chi connectivity index (χ2v) is 11.8. The van der Waals surface area contributed by atoms with E-state index in [1.807, 2.05) is 6.07 Å². The Morgan fingerprint density at radius 3 is 2.27 bits per heavy atom. The van der Waals surface area contributed by atoms with Crippen LogP contribution in [0.15, 0.2) is 30.6 Å². The van der Waals surface area contributed by atoms with Crippen LogP contribution in [-0.2, 0) is 14.3 Å². The monoisotopic (exact) mass is 579 g/mol. The summed E-state index contributed by atoms with van der Waals surface area (Å²) in [5, 5.41) is 2.76. The van der Waals surface area contributed by atoms with Gasteiger partial charge >= 0.3 is 0 Å². The Morgan fingerprint density at radius 2 is 1.56 bits per heavy atom. The Balaban J connectivity index is 0.878. The summed E-state index contributed by atoms with van der Waals surface area (Å²) in [5.41, 5.74) is 1.50. The predicted octanol–water partition coefficient (Wildman–Crippen LogP) is 1.09. The summed E-state index contributed by atoms with van der Waals surface area (Å²) in [7, 11) is 0. The smallest absolute Gasteiger partial charge is 0.262 e. The van der Waals surface area contributed by atoms with Crippen LogP contribution < -0.4 is 15.1 Å². The molecule has 12 nitrogen and oxygen atoms in total. The highest BCUT2D eigenvalue weighted by Gasteiger charge is 2.46. The molecule has 4 fully saturated rings. The third-order valence-corrected chi connectivity index (χ3v) is 8.96. The lowest BCUT2D eigenvalue weighted by Gasteiger charge is -2.53. The number of nitrogens with one attached hydrogen (secondary N) is 1. The molecule has 2 aromatic rings. The third-order valence-electron chi connectivity index (χ3n) is 8.76. The van der Waals surface area contributed by atoms with Gasteiger partial charge in [0.15, 0.2) is 0 Å². The summed E-state index contributed by atoms with van der Waals surface area (Å²) in [5.74, 6) is -1.24. The summed E-state index contributed by atoms with van der Waals surface area (Å²) >= 11 is 5.89. The van der Waals surface area contributed by atoms with Crippen molar-refractivity contribution in [1.29, 1.82) is 0 Å². The number of likely N-dealkylation sites (tertiary alicyclic amines) is 1. The first-order valence-electron chi connectivity index (χ1n) is 14.1. The molecule has 1 aromatic heterocycles. The van der Waals surface area contributed by atoms with Crippen LogP contribution in [0.3, 0.4) is 0 Å². The number of imide groups is 2. The largest absolute Gasteiger partial charge is 0.372 e. The molecule has 6 heterocycles. The van der Waals surface area contributed by atoms with Gasteiger partial charge in [-0.2, -0.15) is 0 Å². The maximum atomic E-state index is 13.1. The van der Waals surface area contributed by atoms with Gasteiger partial charge in [0.1, 0.15) is 6.04 Å². The Morgan fingerprint density at radius 1 is 0.854 bits per heavy atom. The number of rotatable bonds is 6.